The Labute approximate surface area is 110 Å². The molecular formula is C12H7FN2O5. The van der Waals surface area contributed by atoms with Crippen LogP contribution in [0.5, 0.6) is 0 Å². The maximum atomic E-state index is 13.3. The zero-order valence-electron chi connectivity index (χ0n) is 9.83. The highest BCUT2D eigenvalue weighted by Crippen LogP contribution is 2.25. The van der Waals surface area contributed by atoms with Gasteiger partial charge in [0.05, 0.1) is 21.9 Å². The Hall–Kier alpha value is -3.03. The first-order valence-corrected chi connectivity index (χ1v) is 5.27. The molecule has 2 rings (SSSR count). The molecule has 0 spiro atoms. The van der Waals surface area contributed by atoms with Gasteiger partial charge in [-0.05, 0) is 12.1 Å². The van der Waals surface area contributed by atoms with Gasteiger partial charge in [-0.3, -0.25) is 19.7 Å². The van der Waals surface area contributed by atoms with Crippen LogP contribution >= 0.6 is 0 Å². The summed E-state index contributed by atoms with van der Waals surface area (Å²) in [5.41, 5.74) is 3.12. The number of nitrogens with zero attached hydrogens (tertiary/aromatic N) is 1. The Morgan fingerprint density at radius 3 is 2.75 bits per heavy atom. The van der Waals surface area contributed by atoms with Crippen molar-refractivity contribution in [1.82, 2.24) is 0 Å². The topological polar surface area (TPSA) is 116 Å². The van der Waals surface area contributed by atoms with E-state index in [1.807, 2.05) is 0 Å². The van der Waals surface area contributed by atoms with E-state index in [2.05, 4.69) is 0 Å². The third-order valence-electron chi connectivity index (χ3n) is 2.47. The molecule has 1 amide bonds. The predicted octanol–water partition coefficient (Wildman–Crippen LogP) is 1.34. The molecule has 7 nitrogen and oxygen atoms in total. The van der Waals surface area contributed by atoms with Crippen LogP contribution in [0.3, 0.4) is 0 Å². The highest BCUT2D eigenvalue weighted by atomic mass is 19.1. The van der Waals surface area contributed by atoms with Crippen LogP contribution in [0.2, 0.25) is 0 Å². The molecule has 2 N–H and O–H groups in total. The van der Waals surface area contributed by atoms with Crippen LogP contribution in [0.15, 0.2) is 33.7 Å². The Morgan fingerprint density at radius 2 is 2.15 bits per heavy atom. The van der Waals surface area contributed by atoms with Gasteiger partial charge < -0.3 is 10.2 Å². The lowest BCUT2D eigenvalue weighted by molar-refractivity contribution is -0.383. The van der Waals surface area contributed by atoms with Gasteiger partial charge in [0.25, 0.3) is 0 Å². The SMILES string of the molecule is NC(=O)/C=C\c1coc2c([N+](=O)[O-])cc(F)cc2c1=O. The molecule has 0 unspecified atom stereocenters. The number of rotatable bonds is 3. The van der Waals surface area contributed by atoms with Gasteiger partial charge in [0.1, 0.15) is 12.1 Å². The van der Waals surface area contributed by atoms with Crippen LogP contribution < -0.4 is 11.2 Å². The smallest absolute Gasteiger partial charge is 0.315 e. The van der Waals surface area contributed by atoms with Crippen LogP contribution in [0, 0.1) is 15.9 Å². The zero-order valence-corrected chi connectivity index (χ0v) is 9.83. The fourth-order valence-electron chi connectivity index (χ4n) is 1.63. The second kappa shape index (κ2) is 4.92. The van der Waals surface area contributed by atoms with Gasteiger partial charge in [-0.15, -0.1) is 0 Å². The van der Waals surface area contributed by atoms with Gasteiger partial charge in [-0.25, -0.2) is 4.39 Å². The molecule has 0 fully saturated rings. The number of nitro benzene ring substituents is 1. The van der Waals surface area contributed by atoms with Crippen molar-refractivity contribution < 1.29 is 18.5 Å². The van der Waals surface area contributed by atoms with Crippen molar-refractivity contribution >= 4 is 28.6 Å². The number of nitro groups is 1. The summed E-state index contributed by atoms with van der Waals surface area (Å²) in [5, 5.41) is 10.5. The summed E-state index contributed by atoms with van der Waals surface area (Å²) in [6.07, 6.45) is 2.95. The number of halogens is 1. The quantitative estimate of drug-likeness (QED) is 0.516. The fraction of sp³-hybridized carbons (Fsp3) is 0. The lowest BCUT2D eigenvalue weighted by Crippen LogP contribution is -2.09. The van der Waals surface area contributed by atoms with Gasteiger partial charge >= 0.3 is 5.69 Å². The largest absolute Gasteiger partial charge is 0.456 e. The number of hydrogen-bond acceptors (Lipinski definition) is 5. The molecule has 20 heavy (non-hydrogen) atoms. The lowest BCUT2D eigenvalue weighted by Gasteiger charge is -2.00. The molecular weight excluding hydrogens is 271 g/mol. The molecule has 1 aromatic carbocycles. The highest BCUT2D eigenvalue weighted by molar-refractivity contribution is 5.91. The maximum absolute atomic E-state index is 13.3. The second-order valence-corrected chi connectivity index (χ2v) is 3.81. The first-order chi connectivity index (χ1) is 9.40. The van der Waals surface area contributed by atoms with E-state index in [4.69, 9.17) is 10.2 Å². The monoisotopic (exact) mass is 278 g/mol. The number of nitrogens with two attached hydrogens (primary N) is 1. The van der Waals surface area contributed by atoms with Gasteiger partial charge in [-0.2, -0.15) is 0 Å². The Balaban J connectivity index is 2.77. The van der Waals surface area contributed by atoms with Crippen LogP contribution in [-0.2, 0) is 4.79 Å². The average molecular weight is 278 g/mol. The Kier molecular flexibility index (Phi) is 3.30. The highest BCUT2D eigenvalue weighted by Gasteiger charge is 2.19. The van der Waals surface area contributed by atoms with E-state index in [1.165, 1.54) is 0 Å². The van der Waals surface area contributed by atoms with Crippen molar-refractivity contribution in [2.24, 2.45) is 5.73 Å². The third kappa shape index (κ3) is 2.39. The van der Waals surface area contributed by atoms with E-state index in [-0.39, 0.29) is 16.5 Å². The summed E-state index contributed by atoms with van der Waals surface area (Å²) in [6.45, 7) is 0. The number of carbonyl (C=O) groups excluding carboxylic acids is 1. The minimum absolute atomic E-state index is 0.0730. The summed E-state index contributed by atoms with van der Waals surface area (Å²) in [5.74, 6) is -1.72. The number of amides is 1. The van der Waals surface area contributed by atoms with Gasteiger partial charge in [0, 0.05) is 6.08 Å². The average Bonchev–Trinajstić information content (AvgIpc) is 2.37. The lowest BCUT2D eigenvalue weighted by atomic mass is 10.1. The molecule has 1 aromatic heterocycles. The summed E-state index contributed by atoms with van der Waals surface area (Å²) in [7, 11) is 0. The molecule has 0 aliphatic rings. The van der Waals surface area contributed by atoms with Crippen molar-refractivity contribution in [1.29, 1.82) is 0 Å². The van der Waals surface area contributed by atoms with E-state index in [9.17, 15) is 24.1 Å². The summed E-state index contributed by atoms with van der Waals surface area (Å²) < 4.78 is 18.3. The molecule has 8 heteroatoms. The second-order valence-electron chi connectivity index (χ2n) is 3.81. The molecule has 0 atom stereocenters. The molecule has 2 aromatic rings. The fourth-order valence-corrected chi connectivity index (χ4v) is 1.63. The zero-order chi connectivity index (χ0) is 14.9. The van der Waals surface area contributed by atoms with E-state index < -0.39 is 27.8 Å². The molecule has 0 saturated carbocycles. The van der Waals surface area contributed by atoms with E-state index in [0.29, 0.717) is 6.07 Å². The summed E-state index contributed by atoms with van der Waals surface area (Å²) >= 11 is 0. The molecule has 0 aliphatic heterocycles. The van der Waals surface area contributed by atoms with Crippen molar-refractivity contribution in [3.05, 3.63) is 56.2 Å². The molecule has 0 radical (unpaired) electrons. The summed E-state index contributed by atoms with van der Waals surface area (Å²) in [4.78, 5) is 32.5. The van der Waals surface area contributed by atoms with E-state index >= 15 is 0 Å². The van der Waals surface area contributed by atoms with Gasteiger partial charge in [0.2, 0.25) is 11.5 Å². The number of benzene rings is 1. The van der Waals surface area contributed by atoms with Crippen LogP contribution in [-0.4, -0.2) is 10.8 Å². The van der Waals surface area contributed by atoms with Crippen molar-refractivity contribution in [2.45, 2.75) is 0 Å². The third-order valence-corrected chi connectivity index (χ3v) is 2.47. The predicted molar refractivity (Wildman–Crippen MR) is 67.3 cm³/mol. The van der Waals surface area contributed by atoms with Crippen LogP contribution in [0.25, 0.3) is 17.0 Å². The Bertz CT molecular complexity index is 809. The number of carbonyl (C=O) groups is 1. The molecule has 1 heterocycles. The van der Waals surface area contributed by atoms with Crippen molar-refractivity contribution in [3.63, 3.8) is 0 Å². The Morgan fingerprint density at radius 1 is 1.45 bits per heavy atom. The minimum atomic E-state index is -0.937. The number of fused-ring (bicyclic) bond motifs is 1. The van der Waals surface area contributed by atoms with Gasteiger partial charge in [0.15, 0.2) is 5.43 Å². The normalized spacial score (nSPS) is 11.1. The van der Waals surface area contributed by atoms with E-state index in [1.54, 1.807) is 0 Å². The van der Waals surface area contributed by atoms with Gasteiger partial charge in [-0.1, -0.05) is 0 Å². The molecule has 0 saturated heterocycles. The number of hydrogen-bond donors (Lipinski definition) is 1. The van der Waals surface area contributed by atoms with Crippen LogP contribution in [0.1, 0.15) is 5.56 Å². The number of non-ortho nitro benzene ring substituents is 1. The summed E-state index contributed by atoms with van der Waals surface area (Å²) in [6, 6.07) is 1.49. The standard InChI is InChI=1S/C12H7FN2O5/c13-7-3-8-11(17)6(1-2-10(14)16)5-20-12(8)9(4-7)15(18)19/h1-5H,(H2,14,16)/b2-1-. The van der Waals surface area contributed by atoms with Crippen molar-refractivity contribution in [2.75, 3.05) is 0 Å². The molecule has 0 bridgehead atoms. The first kappa shape index (κ1) is 13.4. The van der Waals surface area contributed by atoms with Crippen molar-refractivity contribution in [3.8, 4) is 0 Å². The maximum Gasteiger partial charge on any atom is 0.315 e. The minimum Gasteiger partial charge on any atom is -0.456 e. The van der Waals surface area contributed by atoms with Crippen LogP contribution in [0.4, 0.5) is 10.1 Å². The first-order valence-electron chi connectivity index (χ1n) is 5.27. The number of primary amides is 1. The molecule has 102 valence electrons. The van der Waals surface area contributed by atoms with E-state index in [0.717, 1.165) is 24.5 Å². The molecule has 0 aliphatic carbocycles.